The average molecular weight is 356 g/mol. The maximum atomic E-state index is 11.1. The summed E-state index contributed by atoms with van der Waals surface area (Å²) in [6.45, 7) is 1.74. The van der Waals surface area contributed by atoms with Crippen LogP contribution in [0.2, 0.25) is 0 Å². The lowest BCUT2D eigenvalue weighted by atomic mass is 10.1. The van der Waals surface area contributed by atoms with E-state index in [0.29, 0.717) is 17.9 Å². The molecule has 2 rings (SSSR count). The van der Waals surface area contributed by atoms with E-state index in [4.69, 9.17) is 5.11 Å². The molecule has 1 aliphatic rings. The maximum absolute atomic E-state index is 11.1. The molecule has 0 fully saturated rings. The Morgan fingerprint density at radius 1 is 1.38 bits per heavy atom. The van der Waals surface area contributed by atoms with Gasteiger partial charge in [-0.3, -0.25) is 10.1 Å². The largest absolute Gasteiger partial charge is 0.396 e. The average Bonchev–Trinajstić information content (AvgIpc) is 2.48. The van der Waals surface area contributed by atoms with Gasteiger partial charge in [-0.1, -0.05) is 28.8 Å². The molecule has 2 heterocycles. The number of fused-ring (bicyclic) bond motifs is 1. The summed E-state index contributed by atoms with van der Waals surface area (Å²) in [6, 6.07) is 1.43. The van der Waals surface area contributed by atoms with Crippen molar-refractivity contribution in [3.8, 4) is 0 Å². The highest BCUT2D eigenvalue weighted by atomic mass is 79.9. The number of pyridine rings is 1. The summed E-state index contributed by atoms with van der Waals surface area (Å²) >= 11 is 3.40. The lowest BCUT2D eigenvalue weighted by Gasteiger charge is -2.27. The summed E-state index contributed by atoms with van der Waals surface area (Å²) < 4.78 is 0.730. The molecular formula is C14H18BrN3O3. The van der Waals surface area contributed by atoms with Crippen LogP contribution in [0.3, 0.4) is 0 Å². The quantitative estimate of drug-likeness (QED) is 0.461. The first-order chi connectivity index (χ1) is 10.1. The Balaban J connectivity index is 2.12. The van der Waals surface area contributed by atoms with Gasteiger partial charge < -0.3 is 10.0 Å². The number of nitro groups is 1. The number of aliphatic hydroxyl groups excluding tert-OH is 1. The smallest absolute Gasteiger partial charge is 0.283 e. The highest BCUT2D eigenvalue weighted by Gasteiger charge is 2.26. The number of rotatable bonds is 7. The van der Waals surface area contributed by atoms with E-state index >= 15 is 0 Å². The number of aliphatic hydroxyl groups is 1. The highest BCUT2D eigenvalue weighted by Crippen LogP contribution is 2.39. The van der Waals surface area contributed by atoms with Crippen LogP contribution in [0.15, 0.2) is 18.3 Å². The molecule has 0 unspecified atom stereocenters. The molecule has 1 N–H and O–H groups in total. The van der Waals surface area contributed by atoms with Crippen molar-refractivity contribution < 1.29 is 10.0 Å². The molecule has 0 radical (unpaired) electrons. The molecule has 0 aliphatic carbocycles. The first-order valence-electron chi connectivity index (χ1n) is 7.00. The van der Waals surface area contributed by atoms with Crippen molar-refractivity contribution in [3.05, 3.63) is 34.0 Å². The number of unbranched alkanes of at least 4 members (excludes halogenated alkanes) is 3. The van der Waals surface area contributed by atoms with E-state index in [-0.39, 0.29) is 17.2 Å². The summed E-state index contributed by atoms with van der Waals surface area (Å²) in [5, 5.41) is 19.9. The van der Waals surface area contributed by atoms with Gasteiger partial charge in [0, 0.05) is 36.4 Å². The van der Waals surface area contributed by atoms with Gasteiger partial charge in [0.25, 0.3) is 5.69 Å². The second-order valence-corrected chi connectivity index (χ2v) is 5.78. The molecule has 6 nitrogen and oxygen atoms in total. The molecule has 0 aromatic carbocycles. The van der Waals surface area contributed by atoms with E-state index in [2.05, 4.69) is 25.8 Å². The highest BCUT2D eigenvalue weighted by molar-refractivity contribution is 9.15. The van der Waals surface area contributed by atoms with Gasteiger partial charge in [0.1, 0.15) is 11.4 Å². The fourth-order valence-electron chi connectivity index (χ4n) is 2.41. The van der Waals surface area contributed by atoms with Gasteiger partial charge in [-0.05, 0) is 18.9 Å². The van der Waals surface area contributed by atoms with E-state index in [1.165, 1.54) is 12.3 Å². The molecule has 0 amide bonds. The molecule has 1 aromatic heterocycles. The monoisotopic (exact) mass is 355 g/mol. The summed E-state index contributed by atoms with van der Waals surface area (Å²) in [6.07, 6.45) is 7.26. The number of nitrogens with zero attached hydrogens (tertiary/aromatic N) is 3. The van der Waals surface area contributed by atoms with Crippen LogP contribution < -0.4 is 4.90 Å². The maximum Gasteiger partial charge on any atom is 0.283 e. The van der Waals surface area contributed by atoms with Crippen molar-refractivity contribution in [2.45, 2.75) is 25.7 Å². The van der Waals surface area contributed by atoms with Crippen molar-refractivity contribution in [1.82, 2.24) is 4.98 Å². The normalized spacial score (nSPS) is 13.8. The van der Waals surface area contributed by atoms with Gasteiger partial charge in [0.2, 0.25) is 0 Å². The lowest BCUT2D eigenvalue weighted by molar-refractivity contribution is -0.385. The van der Waals surface area contributed by atoms with Crippen LogP contribution >= 0.6 is 15.9 Å². The van der Waals surface area contributed by atoms with Crippen LogP contribution in [0.5, 0.6) is 0 Å². The molecule has 0 saturated carbocycles. The molecule has 7 heteroatoms. The second kappa shape index (κ2) is 7.51. The van der Waals surface area contributed by atoms with E-state index < -0.39 is 0 Å². The Bertz CT molecular complexity index is 548. The summed E-state index contributed by atoms with van der Waals surface area (Å²) in [5.41, 5.74) is 0.636. The zero-order valence-electron chi connectivity index (χ0n) is 11.7. The van der Waals surface area contributed by atoms with Gasteiger partial charge in [0.15, 0.2) is 0 Å². The molecule has 1 aliphatic heterocycles. The first-order valence-corrected chi connectivity index (χ1v) is 7.79. The van der Waals surface area contributed by atoms with E-state index in [1.54, 1.807) is 0 Å². The second-order valence-electron chi connectivity index (χ2n) is 4.92. The zero-order chi connectivity index (χ0) is 15.2. The van der Waals surface area contributed by atoms with E-state index in [9.17, 15) is 10.1 Å². The summed E-state index contributed by atoms with van der Waals surface area (Å²) in [5.74, 6) is 0.667. The van der Waals surface area contributed by atoms with Crippen molar-refractivity contribution in [2.24, 2.45) is 0 Å². The Morgan fingerprint density at radius 3 is 2.86 bits per heavy atom. The third-order valence-corrected chi connectivity index (χ3v) is 4.19. The molecular weight excluding hydrogens is 338 g/mol. The Kier molecular flexibility index (Phi) is 5.69. The summed E-state index contributed by atoms with van der Waals surface area (Å²) in [4.78, 5) is 17.2. The standard InChI is InChI=1S/C14H18BrN3O3/c15-11-6-9-17(8-3-1-2-4-10-19)14-13(11)12(18(20)21)5-7-16-14/h5-7,19H,1-4,8-10H2. The van der Waals surface area contributed by atoms with Crippen LogP contribution in [0, 0.1) is 10.1 Å². The van der Waals surface area contributed by atoms with Gasteiger partial charge in [-0.25, -0.2) is 4.98 Å². The van der Waals surface area contributed by atoms with Crippen molar-refractivity contribution in [2.75, 3.05) is 24.6 Å². The van der Waals surface area contributed by atoms with Crippen LogP contribution in [0.1, 0.15) is 31.2 Å². The van der Waals surface area contributed by atoms with Crippen molar-refractivity contribution in [3.63, 3.8) is 0 Å². The predicted octanol–water partition coefficient (Wildman–Crippen LogP) is 3.10. The minimum atomic E-state index is -0.375. The third kappa shape index (κ3) is 3.79. The van der Waals surface area contributed by atoms with E-state index in [0.717, 1.165) is 36.7 Å². The van der Waals surface area contributed by atoms with Crippen LogP contribution in [-0.4, -0.2) is 34.7 Å². The molecule has 0 spiro atoms. The Morgan fingerprint density at radius 2 is 2.14 bits per heavy atom. The van der Waals surface area contributed by atoms with Crippen LogP contribution in [0.4, 0.5) is 11.5 Å². The predicted molar refractivity (Wildman–Crippen MR) is 85.6 cm³/mol. The fraction of sp³-hybridized carbons (Fsp3) is 0.500. The number of halogens is 1. The van der Waals surface area contributed by atoms with Gasteiger partial charge >= 0.3 is 0 Å². The van der Waals surface area contributed by atoms with Crippen LogP contribution in [0.25, 0.3) is 4.48 Å². The molecule has 0 bridgehead atoms. The molecule has 0 saturated heterocycles. The summed E-state index contributed by atoms with van der Waals surface area (Å²) in [7, 11) is 0. The fourth-order valence-corrected chi connectivity index (χ4v) is 2.93. The number of hydrogen-bond donors (Lipinski definition) is 1. The topological polar surface area (TPSA) is 79.5 Å². The van der Waals surface area contributed by atoms with Gasteiger partial charge in [-0.15, -0.1) is 0 Å². The number of aromatic nitrogens is 1. The molecule has 21 heavy (non-hydrogen) atoms. The number of hydrogen-bond acceptors (Lipinski definition) is 5. The molecule has 114 valence electrons. The SMILES string of the molecule is O=[N+]([O-])c1ccnc2c1C(Br)=CCN2CCCCCCO. The van der Waals surface area contributed by atoms with Gasteiger partial charge in [0.05, 0.1) is 4.92 Å². The minimum absolute atomic E-state index is 0.0769. The zero-order valence-corrected chi connectivity index (χ0v) is 13.3. The Labute approximate surface area is 131 Å². The minimum Gasteiger partial charge on any atom is -0.396 e. The first kappa shape index (κ1) is 15.9. The van der Waals surface area contributed by atoms with E-state index in [1.807, 2.05) is 6.08 Å². The van der Waals surface area contributed by atoms with Crippen LogP contribution in [-0.2, 0) is 0 Å². The number of anilines is 1. The molecule has 1 aromatic rings. The lowest BCUT2D eigenvalue weighted by Crippen LogP contribution is -2.29. The third-order valence-electron chi connectivity index (χ3n) is 3.47. The molecule has 0 atom stereocenters. The van der Waals surface area contributed by atoms with Gasteiger partial charge in [-0.2, -0.15) is 0 Å². The van der Waals surface area contributed by atoms with Crippen molar-refractivity contribution >= 4 is 31.9 Å². The Hall–Kier alpha value is -1.47. The van der Waals surface area contributed by atoms with Crippen molar-refractivity contribution in [1.29, 1.82) is 0 Å².